The summed E-state index contributed by atoms with van der Waals surface area (Å²) in [7, 11) is 0. The average molecular weight is 458 g/mol. The van der Waals surface area contributed by atoms with Gasteiger partial charge in [-0.1, -0.05) is 48.5 Å². The average Bonchev–Trinajstić information content (AvgIpc) is 3.33. The van der Waals surface area contributed by atoms with Crippen LogP contribution in [0.15, 0.2) is 78.4 Å². The van der Waals surface area contributed by atoms with Crippen LogP contribution in [0.5, 0.6) is 5.75 Å². The van der Waals surface area contributed by atoms with Crippen LogP contribution in [0.1, 0.15) is 35.2 Å². The molecule has 2 aliphatic heterocycles. The number of nitrogens with zero attached hydrogens (tertiary/aromatic N) is 1. The molecular formula is C28H24FNO4. The molecule has 172 valence electrons. The van der Waals surface area contributed by atoms with Gasteiger partial charge >= 0.3 is 0 Å². The summed E-state index contributed by atoms with van der Waals surface area (Å²) in [5, 5.41) is 11.2. The lowest BCUT2D eigenvalue weighted by Gasteiger charge is -2.25. The summed E-state index contributed by atoms with van der Waals surface area (Å²) in [5.74, 6) is -1.68. The molecule has 2 atom stereocenters. The third kappa shape index (κ3) is 3.85. The zero-order valence-corrected chi connectivity index (χ0v) is 18.7. The van der Waals surface area contributed by atoms with E-state index in [4.69, 9.17) is 4.74 Å². The number of hydrogen-bond donors (Lipinski definition) is 1. The van der Waals surface area contributed by atoms with Gasteiger partial charge in [-0.2, -0.15) is 0 Å². The van der Waals surface area contributed by atoms with E-state index in [0.29, 0.717) is 18.4 Å². The third-order valence-electron chi connectivity index (χ3n) is 6.39. The predicted octanol–water partition coefficient (Wildman–Crippen LogP) is 4.81. The van der Waals surface area contributed by atoms with Crippen molar-refractivity contribution >= 4 is 17.4 Å². The maximum Gasteiger partial charge on any atom is 0.295 e. The molecule has 1 saturated heterocycles. The van der Waals surface area contributed by atoms with Gasteiger partial charge in [0.2, 0.25) is 0 Å². The maximum absolute atomic E-state index is 14.9. The van der Waals surface area contributed by atoms with E-state index in [1.165, 1.54) is 11.0 Å². The molecule has 0 aliphatic carbocycles. The van der Waals surface area contributed by atoms with Gasteiger partial charge in [-0.25, -0.2) is 4.39 Å². The van der Waals surface area contributed by atoms with Gasteiger partial charge in [0.1, 0.15) is 23.4 Å². The van der Waals surface area contributed by atoms with Crippen molar-refractivity contribution in [3.05, 3.63) is 106 Å². The van der Waals surface area contributed by atoms with Crippen molar-refractivity contribution in [1.82, 2.24) is 4.90 Å². The minimum Gasteiger partial charge on any atom is -0.507 e. The molecule has 1 fully saturated rings. The van der Waals surface area contributed by atoms with Crippen molar-refractivity contribution in [2.75, 3.05) is 6.54 Å². The molecule has 2 aliphatic rings. The summed E-state index contributed by atoms with van der Waals surface area (Å²) in [6, 6.07) is 19.8. The largest absolute Gasteiger partial charge is 0.507 e. The Morgan fingerprint density at radius 1 is 1.06 bits per heavy atom. The molecule has 1 N–H and O–H groups in total. The first-order chi connectivity index (χ1) is 16.4. The Kier molecular flexibility index (Phi) is 5.65. The molecule has 2 heterocycles. The molecule has 1 amide bonds. The van der Waals surface area contributed by atoms with Gasteiger partial charge < -0.3 is 14.7 Å². The second-order valence-corrected chi connectivity index (χ2v) is 8.70. The molecule has 3 aromatic carbocycles. The lowest BCUT2D eigenvalue weighted by molar-refractivity contribution is -0.139. The van der Waals surface area contributed by atoms with Crippen LogP contribution in [0.2, 0.25) is 0 Å². The number of carbonyl (C=O) groups excluding carboxylic acids is 2. The van der Waals surface area contributed by atoms with Crippen molar-refractivity contribution in [1.29, 1.82) is 0 Å². The zero-order chi connectivity index (χ0) is 23.8. The molecule has 0 saturated carbocycles. The SMILES string of the molecule is C[C@@H]1Cc2cc(C(O)=C3C(=O)C(=O)N(CCc4ccccc4)[C@@H]3c3ccccc3F)ccc2O1. The van der Waals surface area contributed by atoms with Crippen LogP contribution in [0, 0.1) is 5.82 Å². The van der Waals surface area contributed by atoms with Gasteiger partial charge in [0, 0.05) is 24.1 Å². The normalized spacial score (nSPS) is 20.9. The maximum atomic E-state index is 14.9. The van der Waals surface area contributed by atoms with E-state index < -0.39 is 23.5 Å². The minimum atomic E-state index is -1.02. The summed E-state index contributed by atoms with van der Waals surface area (Å²) in [6.07, 6.45) is 1.19. The summed E-state index contributed by atoms with van der Waals surface area (Å²) < 4.78 is 20.7. The molecule has 0 radical (unpaired) electrons. The van der Waals surface area contributed by atoms with Crippen molar-refractivity contribution in [3.8, 4) is 5.75 Å². The second kappa shape index (κ2) is 8.78. The number of rotatable bonds is 5. The van der Waals surface area contributed by atoms with Gasteiger partial charge in [0.25, 0.3) is 11.7 Å². The molecule has 3 aromatic rings. The molecule has 5 rings (SSSR count). The Labute approximate surface area is 197 Å². The fraction of sp³-hybridized carbons (Fsp3) is 0.214. The molecule has 5 nitrogen and oxygen atoms in total. The van der Waals surface area contributed by atoms with Crippen LogP contribution in [-0.2, 0) is 22.4 Å². The van der Waals surface area contributed by atoms with Crippen LogP contribution >= 0.6 is 0 Å². The number of ketones is 1. The van der Waals surface area contributed by atoms with E-state index in [1.54, 1.807) is 36.4 Å². The standard InChI is InChI=1S/C28H24FNO4/c1-17-15-20-16-19(11-12-23(20)34-17)26(31)24-25(21-9-5-6-10-22(21)29)30(28(33)27(24)32)14-13-18-7-3-2-4-8-18/h2-12,16-17,25,31H,13-15H2,1H3/t17-,25-/m1/s1. The monoisotopic (exact) mass is 457 g/mol. The fourth-order valence-electron chi connectivity index (χ4n) is 4.75. The van der Waals surface area contributed by atoms with Gasteiger partial charge in [0.15, 0.2) is 0 Å². The van der Waals surface area contributed by atoms with Gasteiger partial charge in [0.05, 0.1) is 11.6 Å². The van der Waals surface area contributed by atoms with Crippen molar-refractivity contribution in [3.63, 3.8) is 0 Å². The molecular weight excluding hydrogens is 433 g/mol. The van der Waals surface area contributed by atoms with Crippen LogP contribution in [0.3, 0.4) is 0 Å². The molecule has 0 aromatic heterocycles. The minimum absolute atomic E-state index is 0.0226. The van der Waals surface area contributed by atoms with Gasteiger partial charge in [-0.05, 0) is 48.7 Å². The summed E-state index contributed by atoms with van der Waals surface area (Å²) in [6.45, 7) is 2.16. The highest BCUT2D eigenvalue weighted by Gasteiger charge is 2.46. The lowest BCUT2D eigenvalue weighted by atomic mass is 9.94. The number of benzene rings is 3. The number of halogens is 1. The molecule has 0 unspecified atom stereocenters. The Balaban J connectivity index is 1.59. The first kappa shape index (κ1) is 21.9. The molecule has 0 spiro atoms. The van der Waals surface area contributed by atoms with E-state index in [1.807, 2.05) is 37.3 Å². The molecule has 6 heteroatoms. The lowest BCUT2D eigenvalue weighted by Crippen LogP contribution is -2.32. The fourth-order valence-corrected chi connectivity index (χ4v) is 4.75. The Morgan fingerprint density at radius 3 is 2.56 bits per heavy atom. The number of hydrogen-bond acceptors (Lipinski definition) is 4. The number of likely N-dealkylation sites (tertiary alicyclic amines) is 1. The van der Waals surface area contributed by atoms with Crippen LogP contribution in [-0.4, -0.2) is 34.3 Å². The summed E-state index contributed by atoms with van der Waals surface area (Å²) >= 11 is 0. The van der Waals surface area contributed by atoms with Crippen molar-refractivity contribution < 1.29 is 23.8 Å². The third-order valence-corrected chi connectivity index (χ3v) is 6.39. The predicted molar refractivity (Wildman–Crippen MR) is 126 cm³/mol. The van der Waals surface area contributed by atoms with Crippen LogP contribution in [0.25, 0.3) is 5.76 Å². The number of Topliss-reactive ketones (excluding diaryl/α,β-unsaturated/α-hetero) is 1. The van der Waals surface area contributed by atoms with Gasteiger partial charge in [-0.3, -0.25) is 9.59 Å². The highest BCUT2D eigenvalue weighted by Crippen LogP contribution is 2.41. The summed E-state index contributed by atoms with van der Waals surface area (Å²) in [4.78, 5) is 27.6. The van der Waals surface area contributed by atoms with E-state index in [9.17, 15) is 19.1 Å². The molecule has 34 heavy (non-hydrogen) atoms. The van der Waals surface area contributed by atoms with Crippen molar-refractivity contribution in [2.24, 2.45) is 0 Å². The smallest absolute Gasteiger partial charge is 0.295 e. The Bertz CT molecular complexity index is 1300. The topological polar surface area (TPSA) is 66.8 Å². The van der Waals surface area contributed by atoms with E-state index in [-0.39, 0.29) is 29.5 Å². The first-order valence-electron chi connectivity index (χ1n) is 11.3. The van der Waals surface area contributed by atoms with Crippen LogP contribution in [0.4, 0.5) is 4.39 Å². The number of aliphatic hydroxyl groups excluding tert-OH is 1. The van der Waals surface area contributed by atoms with E-state index in [0.717, 1.165) is 16.9 Å². The van der Waals surface area contributed by atoms with Crippen LogP contribution < -0.4 is 4.74 Å². The van der Waals surface area contributed by atoms with Crippen molar-refractivity contribution in [2.45, 2.75) is 31.9 Å². The van der Waals surface area contributed by atoms with Gasteiger partial charge in [-0.15, -0.1) is 0 Å². The zero-order valence-electron chi connectivity index (χ0n) is 18.7. The molecule has 0 bridgehead atoms. The number of amides is 1. The highest BCUT2D eigenvalue weighted by atomic mass is 19.1. The first-order valence-corrected chi connectivity index (χ1v) is 11.3. The number of carbonyl (C=O) groups is 2. The van der Waals surface area contributed by atoms with E-state index in [2.05, 4.69) is 0 Å². The number of aliphatic hydroxyl groups is 1. The number of fused-ring (bicyclic) bond motifs is 1. The second-order valence-electron chi connectivity index (χ2n) is 8.70. The Hall–Kier alpha value is -3.93. The van der Waals surface area contributed by atoms with E-state index >= 15 is 0 Å². The quantitative estimate of drug-likeness (QED) is 0.339. The highest BCUT2D eigenvalue weighted by molar-refractivity contribution is 6.46. The Morgan fingerprint density at radius 2 is 1.79 bits per heavy atom. The summed E-state index contributed by atoms with van der Waals surface area (Å²) in [5.41, 5.74) is 2.38. The number of ether oxygens (including phenoxy) is 1.